The molecule has 0 atom stereocenters. The SMILES string of the molecule is CC(C)C.CC1CCC(N(C)CCO)CC1. The number of hydrogen-bond donors (Lipinski definition) is 1. The maximum atomic E-state index is 8.78. The summed E-state index contributed by atoms with van der Waals surface area (Å²) in [5.41, 5.74) is 0. The van der Waals surface area contributed by atoms with Crippen LogP contribution >= 0.6 is 0 Å². The van der Waals surface area contributed by atoms with E-state index in [1.807, 2.05) is 0 Å². The van der Waals surface area contributed by atoms with E-state index in [0.717, 1.165) is 24.4 Å². The standard InChI is InChI=1S/C10H21NO.C4H10/c1-9-3-5-10(6-4-9)11(2)7-8-12;1-4(2)3/h9-10,12H,3-8H2,1-2H3;4H,1-3H3. The van der Waals surface area contributed by atoms with Crippen LogP contribution in [-0.4, -0.2) is 36.2 Å². The van der Waals surface area contributed by atoms with Crippen molar-refractivity contribution >= 4 is 0 Å². The van der Waals surface area contributed by atoms with Gasteiger partial charge in [0.15, 0.2) is 0 Å². The Labute approximate surface area is 102 Å². The second kappa shape index (κ2) is 9.00. The molecule has 16 heavy (non-hydrogen) atoms. The minimum atomic E-state index is 0.294. The van der Waals surface area contributed by atoms with Crippen molar-refractivity contribution in [3.8, 4) is 0 Å². The smallest absolute Gasteiger partial charge is 0.0558 e. The van der Waals surface area contributed by atoms with Crippen LogP contribution in [0, 0.1) is 11.8 Å². The molecule has 0 unspecified atom stereocenters. The van der Waals surface area contributed by atoms with Crippen LogP contribution in [-0.2, 0) is 0 Å². The fourth-order valence-corrected chi connectivity index (χ4v) is 2.02. The Hall–Kier alpha value is -0.0800. The third-order valence-corrected chi connectivity index (χ3v) is 3.06. The van der Waals surface area contributed by atoms with E-state index in [0.29, 0.717) is 6.61 Å². The molecule has 98 valence electrons. The van der Waals surface area contributed by atoms with Crippen LogP contribution in [0.2, 0.25) is 0 Å². The van der Waals surface area contributed by atoms with Crippen molar-refractivity contribution in [3.63, 3.8) is 0 Å². The highest BCUT2D eigenvalue weighted by Crippen LogP contribution is 2.26. The summed E-state index contributed by atoms with van der Waals surface area (Å²) in [6, 6.07) is 0.730. The van der Waals surface area contributed by atoms with Gasteiger partial charge in [-0.15, -0.1) is 0 Å². The van der Waals surface area contributed by atoms with Crippen molar-refractivity contribution in [2.75, 3.05) is 20.2 Å². The summed E-state index contributed by atoms with van der Waals surface area (Å²) in [4.78, 5) is 2.30. The first kappa shape index (κ1) is 15.9. The highest BCUT2D eigenvalue weighted by Gasteiger charge is 2.20. The molecule has 0 aliphatic heterocycles. The monoisotopic (exact) mass is 229 g/mol. The molecule has 1 N–H and O–H groups in total. The molecule has 0 aromatic heterocycles. The predicted molar refractivity (Wildman–Crippen MR) is 71.6 cm³/mol. The molecule has 0 heterocycles. The summed E-state index contributed by atoms with van der Waals surface area (Å²) >= 11 is 0. The maximum Gasteiger partial charge on any atom is 0.0558 e. The molecule has 0 aromatic rings. The van der Waals surface area contributed by atoms with Gasteiger partial charge in [0.05, 0.1) is 6.61 Å². The largest absolute Gasteiger partial charge is 0.395 e. The van der Waals surface area contributed by atoms with Gasteiger partial charge in [0.25, 0.3) is 0 Å². The molecule has 1 fully saturated rings. The molecule has 2 heteroatoms. The zero-order chi connectivity index (χ0) is 12.6. The van der Waals surface area contributed by atoms with E-state index in [4.69, 9.17) is 5.11 Å². The van der Waals surface area contributed by atoms with Gasteiger partial charge < -0.3 is 10.0 Å². The lowest BCUT2D eigenvalue weighted by molar-refractivity contribution is 0.139. The molecule has 1 aliphatic carbocycles. The van der Waals surface area contributed by atoms with E-state index in [1.165, 1.54) is 25.7 Å². The summed E-state index contributed by atoms with van der Waals surface area (Å²) in [6.45, 7) is 9.96. The number of hydrogen-bond acceptors (Lipinski definition) is 2. The quantitative estimate of drug-likeness (QED) is 0.803. The molecular formula is C14H31NO. The fourth-order valence-electron chi connectivity index (χ4n) is 2.02. The molecule has 0 spiro atoms. The van der Waals surface area contributed by atoms with E-state index in [2.05, 4.69) is 39.6 Å². The van der Waals surface area contributed by atoms with Gasteiger partial charge in [-0.3, -0.25) is 0 Å². The minimum Gasteiger partial charge on any atom is -0.395 e. The molecule has 2 nitrogen and oxygen atoms in total. The van der Waals surface area contributed by atoms with E-state index < -0.39 is 0 Å². The topological polar surface area (TPSA) is 23.5 Å². The Morgan fingerprint density at radius 2 is 1.56 bits per heavy atom. The van der Waals surface area contributed by atoms with E-state index in [1.54, 1.807) is 0 Å². The first-order valence-corrected chi connectivity index (χ1v) is 6.78. The lowest BCUT2D eigenvalue weighted by atomic mass is 9.87. The number of likely N-dealkylation sites (N-methyl/N-ethyl adjacent to an activating group) is 1. The minimum absolute atomic E-state index is 0.294. The molecule has 0 bridgehead atoms. The van der Waals surface area contributed by atoms with Crippen molar-refractivity contribution in [2.24, 2.45) is 11.8 Å². The highest BCUT2D eigenvalue weighted by molar-refractivity contribution is 4.76. The van der Waals surface area contributed by atoms with Crippen LogP contribution < -0.4 is 0 Å². The first-order valence-electron chi connectivity index (χ1n) is 6.78. The van der Waals surface area contributed by atoms with Gasteiger partial charge in [-0.1, -0.05) is 27.7 Å². The van der Waals surface area contributed by atoms with Gasteiger partial charge >= 0.3 is 0 Å². The summed E-state index contributed by atoms with van der Waals surface area (Å²) in [5, 5.41) is 8.78. The Bertz CT molecular complexity index is 148. The molecule has 0 aromatic carbocycles. The second-order valence-corrected chi connectivity index (χ2v) is 5.85. The lowest BCUT2D eigenvalue weighted by Gasteiger charge is -2.33. The number of rotatable bonds is 3. The molecular weight excluding hydrogens is 198 g/mol. The Morgan fingerprint density at radius 1 is 1.12 bits per heavy atom. The van der Waals surface area contributed by atoms with Crippen molar-refractivity contribution < 1.29 is 5.11 Å². The summed E-state index contributed by atoms with van der Waals surface area (Å²) in [6.07, 6.45) is 5.36. The molecule has 0 radical (unpaired) electrons. The van der Waals surface area contributed by atoms with Gasteiger partial charge in [0.2, 0.25) is 0 Å². The summed E-state index contributed by atoms with van der Waals surface area (Å²) in [5.74, 6) is 1.75. The van der Waals surface area contributed by atoms with Crippen molar-refractivity contribution in [1.29, 1.82) is 0 Å². The van der Waals surface area contributed by atoms with Crippen LogP contribution in [0.1, 0.15) is 53.4 Å². The molecule has 1 saturated carbocycles. The van der Waals surface area contributed by atoms with Crippen LogP contribution in [0.3, 0.4) is 0 Å². The normalized spacial score (nSPS) is 25.5. The predicted octanol–water partition coefficient (Wildman–Crippen LogP) is 3.15. The Balaban J connectivity index is 0.000000487. The molecule has 0 amide bonds. The van der Waals surface area contributed by atoms with Crippen LogP contribution in [0.4, 0.5) is 0 Å². The van der Waals surface area contributed by atoms with Crippen LogP contribution in [0.25, 0.3) is 0 Å². The van der Waals surface area contributed by atoms with Gasteiger partial charge in [0.1, 0.15) is 0 Å². The van der Waals surface area contributed by atoms with Crippen LogP contribution in [0.5, 0.6) is 0 Å². The Morgan fingerprint density at radius 3 is 1.94 bits per heavy atom. The van der Waals surface area contributed by atoms with E-state index in [-0.39, 0.29) is 0 Å². The fraction of sp³-hybridized carbons (Fsp3) is 1.00. The van der Waals surface area contributed by atoms with E-state index in [9.17, 15) is 0 Å². The summed E-state index contributed by atoms with van der Waals surface area (Å²) in [7, 11) is 2.12. The zero-order valence-electron chi connectivity index (χ0n) is 11.9. The second-order valence-electron chi connectivity index (χ2n) is 5.85. The molecule has 1 aliphatic rings. The number of aliphatic hydroxyl groups excluding tert-OH is 1. The molecule has 0 saturated heterocycles. The lowest BCUT2D eigenvalue weighted by Crippen LogP contribution is -2.36. The van der Waals surface area contributed by atoms with Crippen LogP contribution in [0.15, 0.2) is 0 Å². The first-order chi connectivity index (χ1) is 7.47. The average Bonchev–Trinajstić information content (AvgIpc) is 2.18. The van der Waals surface area contributed by atoms with Gasteiger partial charge in [-0.25, -0.2) is 0 Å². The van der Waals surface area contributed by atoms with Gasteiger partial charge in [-0.2, -0.15) is 0 Å². The summed E-state index contributed by atoms with van der Waals surface area (Å²) < 4.78 is 0. The van der Waals surface area contributed by atoms with E-state index >= 15 is 0 Å². The van der Waals surface area contributed by atoms with Crippen molar-refractivity contribution in [1.82, 2.24) is 4.90 Å². The maximum absolute atomic E-state index is 8.78. The van der Waals surface area contributed by atoms with Crippen molar-refractivity contribution in [2.45, 2.75) is 59.4 Å². The van der Waals surface area contributed by atoms with Gasteiger partial charge in [-0.05, 0) is 44.6 Å². The third kappa shape index (κ3) is 8.12. The Kier molecular flexibility index (Phi) is 8.96. The highest BCUT2D eigenvalue weighted by atomic mass is 16.3. The van der Waals surface area contributed by atoms with Crippen molar-refractivity contribution in [3.05, 3.63) is 0 Å². The zero-order valence-corrected chi connectivity index (χ0v) is 11.9. The molecule has 1 rings (SSSR count). The average molecular weight is 229 g/mol. The third-order valence-electron chi connectivity index (χ3n) is 3.06. The number of nitrogens with zero attached hydrogens (tertiary/aromatic N) is 1. The number of aliphatic hydroxyl groups is 1. The van der Waals surface area contributed by atoms with Gasteiger partial charge in [0, 0.05) is 12.6 Å².